The van der Waals surface area contributed by atoms with Gasteiger partial charge in [-0.25, -0.2) is 0 Å². The largest absolute Gasteiger partial charge is 1.00 e. The lowest BCUT2D eigenvalue weighted by molar-refractivity contribution is -0.00000226. The van der Waals surface area contributed by atoms with E-state index in [2.05, 4.69) is 43.7 Å². The Balaban J connectivity index is 0.000001000. The van der Waals surface area contributed by atoms with Crippen LogP contribution in [0.5, 0.6) is 0 Å². The van der Waals surface area contributed by atoms with Crippen LogP contribution in [-0.4, -0.2) is 12.5 Å². The number of halogens is 1. The van der Waals surface area contributed by atoms with Gasteiger partial charge in [-0.05, 0) is 19.1 Å². The van der Waals surface area contributed by atoms with Gasteiger partial charge in [0.05, 0.1) is 0 Å². The van der Waals surface area contributed by atoms with Crippen LogP contribution in [0.4, 0.5) is 0 Å². The van der Waals surface area contributed by atoms with Crippen LogP contribution in [0.15, 0.2) is 29.2 Å². The summed E-state index contributed by atoms with van der Waals surface area (Å²) in [6.07, 6.45) is 4.48. The maximum atomic E-state index is 2.24. The summed E-state index contributed by atoms with van der Waals surface area (Å²) in [7, 11) is 0.413. The summed E-state index contributed by atoms with van der Waals surface area (Å²) in [6.45, 7) is 2.12. The summed E-state index contributed by atoms with van der Waals surface area (Å²) < 4.78 is 0. The lowest BCUT2D eigenvalue weighted by Crippen LogP contribution is -3.00. The van der Waals surface area contributed by atoms with Crippen LogP contribution in [0.1, 0.15) is 5.56 Å². The van der Waals surface area contributed by atoms with Gasteiger partial charge in [0, 0.05) is 10.9 Å². The molecule has 0 saturated carbocycles. The zero-order chi connectivity index (χ0) is 7.56. The minimum atomic E-state index is 0. The Morgan fingerprint density at radius 3 is 1.82 bits per heavy atom. The van der Waals surface area contributed by atoms with Gasteiger partial charge in [-0.15, -0.1) is 0 Å². The molecule has 0 fully saturated rings. The molecule has 2 heteroatoms. The molecular formula is C9H13FS. The number of hydrogen-bond donors (Lipinski definition) is 0. The third-order valence-corrected chi connectivity index (χ3v) is 2.71. The number of rotatable bonds is 1. The zero-order valence-electron chi connectivity index (χ0n) is 7.10. The van der Waals surface area contributed by atoms with Gasteiger partial charge in [0.2, 0.25) is 0 Å². The van der Waals surface area contributed by atoms with Crippen LogP contribution in [0, 0.1) is 6.92 Å². The van der Waals surface area contributed by atoms with Crippen molar-refractivity contribution < 1.29 is 4.70 Å². The van der Waals surface area contributed by atoms with E-state index in [9.17, 15) is 0 Å². The Bertz CT molecular complexity index is 203. The minimum Gasteiger partial charge on any atom is -1.00 e. The molecule has 0 spiro atoms. The summed E-state index contributed by atoms with van der Waals surface area (Å²) >= 11 is 0. The van der Waals surface area contributed by atoms with E-state index in [4.69, 9.17) is 0 Å². The molecule has 1 aromatic carbocycles. The normalized spacial score (nSPS) is 9.45. The minimum absolute atomic E-state index is 0. The average Bonchev–Trinajstić information content (AvgIpc) is 1.88. The summed E-state index contributed by atoms with van der Waals surface area (Å²) in [4.78, 5) is 1.45. The lowest BCUT2D eigenvalue weighted by atomic mass is 10.2. The van der Waals surface area contributed by atoms with Crippen molar-refractivity contribution in [2.45, 2.75) is 11.8 Å². The molecule has 0 radical (unpaired) electrons. The smallest absolute Gasteiger partial charge is 0.154 e. The van der Waals surface area contributed by atoms with Crippen molar-refractivity contribution in [3.8, 4) is 0 Å². The molecule has 1 aromatic rings. The van der Waals surface area contributed by atoms with Gasteiger partial charge in [-0.3, -0.25) is 0 Å². The standard InChI is InChI=1S/C9H13S.FH/c1-8-4-6-9(7-5-8)10(2)3;/h4-7H,1-3H3;1H/q+1;/p-1. The van der Waals surface area contributed by atoms with Crippen molar-refractivity contribution >= 4 is 10.9 Å². The fourth-order valence-corrected chi connectivity index (χ4v) is 1.49. The van der Waals surface area contributed by atoms with Gasteiger partial charge in [0.1, 0.15) is 12.5 Å². The van der Waals surface area contributed by atoms with Crippen molar-refractivity contribution in [2.24, 2.45) is 0 Å². The Hall–Kier alpha value is -0.500. The molecular weight excluding hydrogens is 159 g/mol. The van der Waals surface area contributed by atoms with Crippen LogP contribution in [0.3, 0.4) is 0 Å². The van der Waals surface area contributed by atoms with Crippen LogP contribution in [0.25, 0.3) is 0 Å². The molecule has 0 saturated heterocycles. The van der Waals surface area contributed by atoms with E-state index in [0.29, 0.717) is 10.9 Å². The molecule has 0 N–H and O–H groups in total. The average molecular weight is 172 g/mol. The summed E-state index contributed by atoms with van der Waals surface area (Å²) in [6, 6.07) is 8.75. The second-order valence-corrected chi connectivity index (χ2v) is 4.73. The van der Waals surface area contributed by atoms with E-state index >= 15 is 0 Å². The second kappa shape index (κ2) is 4.39. The van der Waals surface area contributed by atoms with Gasteiger partial charge in [0.15, 0.2) is 4.90 Å². The molecule has 11 heavy (non-hydrogen) atoms. The Labute approximate surface area is 70.3 Å². The van der Waals surface area contributed by atoms with Crippen molar-refractivity contribution in [1.29, 1.82) is 0 Å². The molecule has 1 rings (SSSR count). The summed E-state index contributed by atoms with van der Waals surface area (Å²) in [5.74, 6) is 0. The van der Waals surface area contributed by atoms with Crippen LogP contribution < -0.4 is 4.70 Å². The second-order valence-electron chi connectivity index (χ2n) is 2.63. The van der Waals surface area contributed by atoms with Crippen molar-refractivity contribution in [3.63, 3.8) is 0 Å². The van der Waals surface area contributed by atoms with Crippen molar-refractivity contribution in [2.75, 3.05) is 12.5 Å². The molecule has 0 aromatic heterocycles. The molecule has 0 amide bonds. The fraction of sp³-hybridized carbons (Fsp3) is 0.333. The van der Waals surface area contributed by atoms with Gasteiger partial charge in [0.25, 0.3) is 0 Å². The molecule has 0 heterocycles. The third kappa shape index (κ3) is 2.93. The number of benzene rings is 1. The molecule has 0 bridgehead atoms. The van der Waals surface area contributed by atoms with Crippen LogP contribution in [0.2, 0.25) is 0 Å². The van der Waals surface area contributed by atoms with Gasteiger partial charge in [-0.1, -0.05) is 17.7 Å². The molecule has 0 aliphatic heterocycles. The van der Waals surface area contributed by atoms with E-state index in [1.807, 2.05) is 0 Å². The maximum Gasteiger partial charge on any atom is 0.154 e. The van der Waals surface area contributed by atoms with E-state index in [1.165, 1.54) is 10.5 Å². The molecule has 0 atom stereocenters. The van der Waals surface area contributed by atoms with Crippen molar-refractivity contribution in [3.05, 3.63) is 29.8 Å². The highest BCUT2D eigenvalue weighted by atomic mass is 32.2. The van der Waals surface area contributed by atoms with Crippen LogP contribution >= 0.6 is 0 Å². The topological polar surface area (TPSA) is 0 Å². The molecule has 62 valence electrons. The number of hydrogen-bond acceptors (Lipinski definition) is 0. The maximum absolute atomic E-state index is 2.24. The first kappa shape index (κ1) is 10.5. The quantitative estimate of drug-likeness (QED) is 0.488. The highest BCUT2D eigenvalue weighted by Crippen LogP contribution is 2.09. The zero-order valence-corrected chi connectivity index (χ0v) is 7.91. The Morgan fingerprint density at radius 2 is 1.45 bits per heavy atom. The van der Waals surface area contributed by atoms with Gasteiger partial charge < -0.3 is 4.70 Å². The predicted molar refractivity (Wildman–Crippen MR) is 48.7 cm³/mol. The van der Waals surface area contributed by atoms with E-state index in [0.717, 1.165) is 0 Å². The van der Waals surface area contributed by atoms with E-state index < -0.39 is 0 Å². The molecule has 0 aliphatic rings. The summed E-state index contributed by atoms with van der Waals surface area (Å²) in [5.41, 5.74) is 1.34. The fourth-order valence-electron chi connectivity index (χ4n) is 0.810. The molecule has 0 aliphatic carbocycles. The SMILES string of the molecule is Cc1ccc([S+](C)C)cc1.[F-]. The van der Waals surface area contributed by atoms with Crippen molar-refractivity contribution in [1.82, 2.24) is 0 Å². The molecule has 0 unspecified atom stereocenters. The van der Waals surface area contributed by atoms with Crippen LogP contribution in [-0.2, 0) is 10.9 Å². The van der Waals surface area contributed by atoms with E-state index in [1.54, 1.807) is 0 Å². The predicted octanol–water partition coefficient (Wildman–Crippen LogP) is -0.764. The van der Waals surface area contributed by atoms with E-state index in [-0.39, 0.29) is 4.70 Å². The summed E-state index contributed by atoms with van der Waals surface area (Å²) in [5, 5.41) is 0. The third-order valence-electron chi connectivity index (χ3n) is 1.49. The first-order chi connectivity index (χ1) is 4.70. The lowest BCUT2D eigenvalue weighted by Gasteiger charge is -1.95. The highest BCUT2D eigenvalue weighted by Gasteiger charge is 2.05. The van der Waals surface area contributed by atoms with Gasteiger partial charge >= 0.3 is 0 Å². The number of aryl methyl sites for hydroxylation is 1. The van der Waals surface area contributed by atoms with Gasteiger partial charge in [-0.2, -0.15) is 0 Å². The monoisotopic (exact) mass is 172 g/mol. The highest BCUT2D eigenvalue weighted by molar-refractivity contribution is 7.95. The Kier molecular flexibility index (Phi) is 4.19. The first-order valence-corrected chi connectivity index (χ1v) is 5.38. The molecule has 0 nitrogen and oxygen atoms in total. The first-order valence-electron chi connectivity index (χ1n) is 3.34. The Morgan fingerprint density at radius 1 is 1.00 bits per heavy atom.